The summed E-state index contributed by atoms with van der Waals surface area (Å²) < 4.78 is 0. The Balaban J connectivity index is 1.94. The van der Waals surface area contributed by atoms with Crippen molar-refractivity contribution in [3.63, 3.8) is 0 Å². The fourth-order valence-electron chi connectivity index (χ4n) is 1.08. The van der Waals surface area contributed by atoms with E-state index in [-0.39, 0.29) is 5.84 Å². The van der Waals surface area contributed by atoms with Crippen molar-refractivity contribution in [2.75, 3.05) is 5.32 Å². The number of hydrogen-bond donors (Lipinski definition) is 3. The summed E-state index contributed by atoms with van der Waals surface area (Å²) in [5, 5.41) is 17.4. The van der Waals surface area contributed by atoms with Crippen LogP contribution in [0.1, 0.15) is 18.5 Å². The maximum Gasteiger partial charge on any atom is 0.183 e. The second kappa shape index (κ2) is 3.83. The molecule has 0 saturated heterocycles. The Hall–Kier alpha value is -1.30. The number of oxime groups is 1. The zero-order chi connectivity index (χ0) is 9.97. The van der Waals surface area contributed by atoms with Gasteiger partial charge in [0.25, 0.3) is 0 Å². The highest BCUT2D eigenvalue weighted by Crippen LogP contribution is 2.26. The van der Waals surface area contributed by atoms with Crippen molar-refractivity contribution in [2.45, 2.75) is 25.3 Å². The first-order chi connectivity index (χ1) is 6.78. The van der Waals surface area contributed by atoms with Crippen molar-refractivity contribution in [3.05, 3.63) is 11.1 Å². The molecule has 5 nitrogen and oxygen atoms in total. The lowest BCUT2D eigenvalue weighted by Gasteiger charge is -1.96. The van der Waals surface area contributed by atoms with E-state index in [9.17, 15) is 0 Å². The molecule has 0 atom stereocenters. The molecule has 0 aliphatic heterocycles. The van der Waals surface area contributed by atoms with Gasteiger partial charge in [0.05, 0.1) is 12.1 Å². The minimum Gasteiger partial charge on any atom is -0.409 e. The molecule has 1 aliphatic carbocycles. The van der Waals surface area contributed by atoms with Crippen molar-refractivity contribution < 1.29 is 5.21 Å². The SMILES string of the molecule is N/C(Cc1csc(NC2CC2)n1)=N\O. The first-order valence-corrected chi connectivity index (χ1v) is 5.33. The van der Waals surface area contributed by atoms with Gasteiger partial charge in [0, 0.05) is 11.4 Å². The van der Waals surface area contributed by atoms with Crippen molar-refractivity contribution in [1.82, 2.24) is 4.98 Å². The number of thiazole rings is 1. The lowest BCUT2D eigenvalue weighted by molar-refractivity contribution is 0.317. The van der Waals surface area contributed by atoms with Gasteiger partial charge in [0.1, 0.15) is 5.84 Å². The predicted molar refractivity (Wildman–Crippen MR) is 55.9 cm³/mol. The predicted octanol–water partition coefficient (Wildman–Crippen LogP) is 1.01. The average Bonchev–Trinajstić information content (AvgIpc) is 2.87. The van der Waals surface area contributed by atoms with Crippen LogP contribution in [0, 0.1) is 0 Å². The van der Waals surface area contributed by atoms with Gasteiger partial charge in [-0.15, -0.1) is 11.3 Å². The van der Waals surface area contributed by atoms with Crippen LogP contribution in [-0.4, -0.2) is 22.1 Å². The molecule has 1 heterocycles. The standard InChI is InChI=1S/C8H12N4OS/c9-7(12-13)3-6-4-14-8(11-6)10-5-1-2-5/h4-5,13H,1-3H2,(H2,9,12)(H,10,11). The molecule has 1 fully saturated rings. The third-order valence-corrected chi connectivity index (χ3v) is 2.77. The second-order valence-corrected chi connectivity index (χ2v) is 4.19. The van der Waals surface area contributed by atoms with E-state index in [1.54, 1.807) is 11.3 Å². The number of anilines is 1. The third-order valence-electron chi connectivity index (χ3n) is 1.95. The number of nitrogens with zero attached hydrogens (tertiary/aromatic N) is 2. The van der Waals surface area contributed by atoms with Crippen LogP contribution in [0.25, 0.3) is 0 Å². The zero-order valence-electron chi connectivity index (χ0n) is 7.60. The van der Waals surface area contributed by atoms with E-state index in [0.29, 0.717) is 12.5 Å². The molecule has 0 amide bonds. The number of hydrogen-bond acceptors (Lipinski definition) is 5. The first kappa shape index (κ1) is 9.26. The van der Waals surface area contributed by atoms with Crippen molar-refractivity contribution in [1.29, 1.82) is 0 Å². The van der Waals surface area contributed by atoms with Gasteiger partial charge < -0.3 is 16.3 Å². The van der Waals surface area contributed by atoms with Crippen molar-refractivity contribution >= 4 is 22.3 Å². The van der Waals surface area contributed by atoms with Crippen molar-refractivity contribution in [3.8, 4) is 0 Å². The molecular formula is C8H12N4OS. The number of nitrogens with two attached hydrogens (primary N) is 1. The second-order valence-electron chi connectivity index (χ2n) is 3.33. The van der Waals surface area contributed by atoms with Crippen LogP contribution in [0.5, 0.6) is 0 Å². The zero-order valence-corrected chi connectivity index (χ0v) is 8.42. The van der Waals surface area contributed by atoms with Gasteiger partial charge in [-0.05, 0) is 12.8 Å². The molecule has 14 heavy (non-hydrogen) atoms. The van der Waals surface area contributed by atoms with Crippen LogP contribution in [0.2, 0.25) is 0 Å². The monoisotopic (exact) mass is 212 g/mol. The molecule has 6 heteroatoms. The highest BCUT2D eigenvalue weighted by molar-refractivity contribution is 7.13. The molecule has 0 aromatic carbocycles. The lowest BCUT2D eigenvalue weighted by Crippen LogP contribution is -2.14. The Morgan fingerprint density at radius 2 is 2.57 bits per heavy atom. The smallest absolute Gasteiger partial charge is 0.183 e. The van der Waals surface area contributed by atoms with Gasteiger partial charge in [-0.3, -0.25) is 0 Å². The molecule has 0 bridgehead atoms. The molecule has 0 radical (unpaired) electrons. The summed E-state index contributed by atoms with van der Waals surface area (Å²) in [4.78, 5) is 4.31. The third kappa shape index (κ3) is 2.35. The summed E-state index contributed by atoms with van der Waals surface area (Å²) in [6.07, 6.45) is 2.86. The van der Waals surface area contributed by atoms with Crippen LogP contribution < -0.4 is 11.1 Å². The Kier molecular flexibility index (Phi) is 2.53. The van der Waals surface area contributed by atoms with Gasteiger partial charge in [-0.1, -0.05) is 5.16 Å². The summed E-state index contributed by atoms with van der Waals surface area (Å²) in [7, 11) is 0. The highest BCUT2D eigenvalue weighted by atomic mass is 32.1. The molecule has 0 spiro atoms. The van der Waals surface area contributed by atoms with Gasteiger partial charge in [-0.2, -0.15) is 0 Å². The molecule has 0 unspecified atom stereocenters. The number of aromatic nitrogens is 1. The molecule has 1 aromatic heterocycles. The molecule has 1 saturated carbocycles. The molecular weight excluding hydrogens is 200 g/mol. The fourth-order valence-corrected chi connectivity index (χ4v) is 1.87. The van der Waals surface area contributed by atoms with E-state index in [1.807, 2.05) is 5.38 Å². The summed E-state index contributed by atoms with van der Waals surface area (Å²) in [5.41, 5.74) is 6.21. The quantitative estimate of drug-likeness (QED) is 0.301. The maximum absolute atomic E-state index is 8.38. The van der Waals surface area contributed by atoms with E-state index in [0.717, 1.165) is 10.8 Å². The van der Waals surface area contributed by atoms with E-state index in [4.69, 9.17) is 10.9 Å². The maximum atomic E-state index is 8.38. The topological polar surface area (TPSA) is 83.5 Å². The van der Waals surface area contributed by atoms with Crippen LogP contribution >= 0.6 is 11.3 Å². The fraction of sp³-hybridized carbons (Fsp3) is 0.500. The van der Waals surface area contributed by atoms with Crippen LogP contribution in [-0.2, 0) is 6.42 Å². The Morgan fingerprint density at radius 1 is 1.79 bits per heavy atom. The number of nitrogens with one attached hydrogen (secondary N) is 1. The lowest BCUT2D eigenvalue weighted by atomic mass is 10.3. The largest absolute Gasteiger partial charge is 0.409 e. The average molecular weight is 212 g/mol. The highest BCUT2D eigenvalue weighted by Gasteiger charge is 2.21. The van der Waals surface area contributed by atoms with Crippen LogP contribution in [0.4, 0.5) is 5.13 Å². The molecule has 76 valence electrons. The molecule has 4 N–H and O–H groups in total. The Morgan fingerprint density at radius 3 is 3.21 bits per heavy atom. The van der Waals surface area contributed by atoms with E-state index >= 15 is 0 Å². The molecule has 1 aromatic rings. The number of rotatable bonds is 4. The summed E-state index contributed by atoms with van der Waals surface area (Å²) in [5.74, 6) is 0.188. The Bertz CT molecular complexity index is 345. The van der Waals surface area contributed by atoms with E-state index in [2.05, 4.69) is 15.5 Å². The normalized spacial score (nSPS) is 17.0. The molecule has 2 rings (SSSR count). The van der Waals surface area contributed by atoms with E-state index < -0.39 is 0 Å². The Labute approximate surface area is 85.6 Å². The van der Waals surface area contributed by atoms with Gasteiger partial charge >= 0.3 is 0 Å². The van der Waals surface area contributed by atoms with Crippen LogP contribution in [0.15, 0.2) is 10.5 Å². The van der Waals surface area contributed by atoms with Gasteiger partial charge in [-0.25, -0.2) is 4.98 Å². The number of amidine groups is 1. The van der Waals surface area contributed by atoms with E-state index in [1.165, 1.54) is 12.8 Å². The first-order valence-electron chi connectivity index (χ1n) is 4.45. The van der Waals surface area contributed by atoms with Gasteiger partial charge in [0.15, 0.2) is 5.13 Å². The summed E-state index contributed by atoms with van der Waals surface area (Å²) in [6, 6.07) is 0.609. The molecule has 1 aliphatic rings. The minimum atomic E-state index is 0.188. The van der Waals surface area contributed by atoms with Gasteiger partial charge in [0.2, 0.25) is 0 Å². The summed E-state index contributed by atoms with van der Waals surface area (Å²) in [6.45, 7) is 0. The van der Waals surface area contributed by atoms with Crippen LogP contribution in [0.3, 0.4) is 0 Å². The van der Waals surface area contributed by atoms with Crippen molar-refractivity contribution in [2.24, 2.45) is 10.9 Å². The summed E-state index contributed by atoms with van der Waals surface area (Å²) >= 11 is 1.56. The minimum absolute atomic E-state index is 0.188.